The van der Waals surface area contributed by atoms with Crippen molar-refractivity contribution in [2.24, 2.45) is 0 Å². The molecule has 0 fully saturated rings. The van der Waals surface area contributed by atoms with Crippen molar-refractivity contribution < 1.29 is 0 Å². The fourth-order valence-electron chi connectivity index (χ4n) is 2.01. The molecule has 0 saturated carbocycles. The van der Waals surface area contributed by atoms with Gasteiger partial charge in [-0.25, -0.2) is 4.98 Å². The van der Waals surface area contributed by atoms with E-state index >= 15 is 0 Å². The molecule has 1 atom stereocenters. The van der Waals surface area contributed by atoms with Gasteiger partial charge in [0.05, 0.1) is 5.69 Å². The summed E-state index contributed by atoms with van der Waals surface area (Å²) >= 11 is 1.80. The molecule has 2 nitrogen and oxygen atoms in total. The van der Waals surface area contributed by atoms with Crippen molar-refractivity contribution in [3.63, 3.8) is 0 Å². The van der Waals surface area contributed by atoms with Crippen LogP contribution < -0.4 is 5.32 Å². The van der Waals surface area contributed by atoms with E-state index in [-0.39, 0.29) is 0 Å². The van der Waals surface area contributed by atoms with Gasteiger partial charge in [-0.2, -0.15) is 0 Å². The number of thiazole rings is 1. The maximum atomic E-state index is 4.56. The van der Waals surface area contributed by atoms with E-state index in [1.807, 2.05) is 0 Å². The zero-order valence-electron chi connectivity index (χ0n) is 11.9. The number of nitrogens with one attached hydrogen (secondary N) is 1. The minimum atomic E-state index is 0.518. The van der Waals surface area contributed by atoms with Crippen LogP contribution in [0.1, 0.15) is 34.5 Å². The lowest BCUT2D eigenvalue weighted by atomic mass is 10.1. The highest BCUT2D eigenvalue weighted by Crippen LogP contribution is 2.16. The van der Waals surface area contributed by atoms with Crippen molar-refractivity contribution in [3.05, 3.63) is 51.5 Å². The summed E-state index contributed by atoms with van der Waals surface area (Å²) in [4.78, 5) is 5.88. The number of nitrogens with zero attached hydrogens (tertiary/aromatic N) is 1. The fourth-order valence-corrected chi connectivity index (χ4v) is 2.89. The third-order valence-electron chi connectivity index (χ3n) is 3.38. The molecule has 1 aromatic heterocycles. The zero-order chi connectivity index (χ0) is 13.7. The van der Waals surface area contributed by atoms with Gasteiger partial charge in [-0.1, -0.05) is 30.3 Å². The molecule has 1 heterocycles. The van der Waals surface area contributed by atoms with Gasteiger partial charge < -0.3 is 5.32 Å². The molecule has 3 heteroatoms. The standard InChI is InChI=1S/C16H22N2S/c1-12(9-10-15-7-5-4-6-8-15)17-11-16-18-13(2)14(3)19-16/h4-8,12,17H,9-11H2,1-3H3. The van der Waals surface area contributed by atoms with Gasteiger partial charge in [-0.15, -0.1) is 11.3 Å². The van der Waals surface area contributed by atoms with E-state index in [0.29, 0.717) is 6.04 Å². The topological polar surface area (TPSA) is 24.9 Å². The molecule has 1 unspecified atom stereocenters. The Hall–Kier alpha value is -1.19. The van der Waals surface area contributed by atoms with Crippen molar-refractivity contribution in [2.45, 2.75) is 46.2 Å². The van der Waals surface area contributed by atoms with Crippen LogP contribution in [0.25, 0.3) is 0 Å². The van der Waals surface area contributed by atoms with Gasteiger partial charge in [0.15, 0.2) is 0 Å². The Morgan fingerprint density at radius 2 is 1.95 bits per heavy atom. The quantitative estimate of drug-likeness (QED) is 0.865. The van der Waals surface area contributed by atoms with Crippen LogP contribution in [0.4, 0.5) is 0 Å². The largest absolute Gasteiger partial charge is 0.308 e. The smallest absolute Gasteiger partial charge is 0.107 e. The van der Waals surface area contributed by atoms with Crippen molar-refractivity contribution in [1.29, 1.82) is 0 Å². The molecule has 0 bridgehead atoms. The van der Waals surface area contributed by atoms with Crippen LogP contribution in [0.2, 0.25) is 0 Å². The molecule has 0 aliphatic heterocycles. The number of hydrogen-bond donors (Lipinski definition) is 1. The van der Waals surface area contributed by atoms with Gasteiger partial charge in [0.1, 0.15) is 5.01 Å². The molecule has 0 aliphatic carbocycles. The Morgan fingerprint density at radius 3 is 2.58 bits per heavy atom. The van der Waals surface area contributed by atoms with Gasteiger partial charge in [-0.3, -0.25) is 0 Å². The molecule has 0 amide bonds. The summed E-state index contributed by atoms with van der Waals surface area (Å²) in [5, 5.41) is 4.75. The molecule has 102 valence electrons. The van der Waals surface area contributed by atoms with Gasteiger partial charge in [0.25, 0.3) is 0 Å². The lowest BCUT2D eigenvalue weighted by Crippen LogP contribution is -2.25. The molecule has 2 aromatic rings. The molecule has 19 heavy (non-hydrogen) atoms. The van der Waals surface area contributed by atoms with E-state index in [9.17, 15) is 0 Å². The second-order valence-corrected chi connectivity index (χ2v) is 6.34. The molecule has 0 radical (unpaired) electrons. The van der Waals surface area contributed by atoms with Crippen molar-refractivity contribution in [2.75, 3.05) is 0 Å². The molecule has 2 rings (SSSR count). The number of aromatic nitrogens is 1. The predicted molar refractivity (Wildman–Crippen MR) is 82.7 cm³/mol. The molecule has 1 aromatic carbocycles. The number of hydrogen-bond acceptors (Lipinski definition) is 3. The SMILES string of the molecule is Cc1nc(CNC(C)CCc2ccccc2)sc1C. The Bertz CT molecular complexity index is 485. The second-order valence-electron chi connectivity index (χ2n) is 5.06. The highest BCUT2D eigenvalue weighted by atomic mass is 32.1. The maximum absolute atomic E-state index is 4.56. The average Bonchev–Trinajstić information content (AvgIpc) is 2.74. The van der Waals surface area contributed by atoms with E-state index in [2.05, 4.69) is 61.4 Å². The van der Waals surface area contributed by atoms with Crippen molar-refractivity contribution in [1.82, 2.24) is 10.3 Å². The fraction of sp³-hybridized carbons (Fsp3) is 0.438. The first kappa shape index (κ1) is 14.2. The van der Waals surface area contributed by atoms with Crippen LogP contribution in [-0.4, -0.2) is 11.0 Å². The summed E-state index contributed by atoms with van der Waals surface area (Å²) < 4.78 is 0. The maximum Gasteiger partial charge on any atom is 0.107 e. The van der Waals surface area contributed by atoms with Gasteiger partial charge in [-0.05, 0) is 39.2 Å². The lowest BCUT2D eigenvalue weighted by Gasteiger charge is -2.12. The van der Waals surface area contributed by atoms with Crippen LogP contribution in [0, 0.1) is 13.8 Å². The highest BCUT2D eigenvalue weighted by molar-refractivity contribution is 7.11. The van der Waals surface area contributed by atoms with Crippen molar-refractivity contribution in [3.8, 4) is 0 Å². The Labute approximate surface area is 119 Å². The first-order valence-electron chi connectivity index (χ1n) is 6.85. The first-order valence-corrected chi connectivity index (χ1v) is 7.67. The Morgan fingerprint density at radius 1 is 1.21 bits per heavy atom. The number of benzene rings is 1. The summed E-state index contributed by atoms with van der Waals surface area (Å²) in [5.41, 5.74) is 2.58. The summed E-state index contributed by atoms with van der Waals surface area (Å²) in [6.45, 7) is 7.34. The summed E-state index contributed by atoms with van der Waals surface area (Å²) in [6.07, 6.45) is 2.29. The van der Waals surface area contributed by atoms with E-state index < -0.39 is 0 Å². The van der Waals surface area contributed by atoms with Crippen LogP contribution in [0.5, 0.6) is 0 Å². The number of rotatable bonds is 6. The van der Waals surface area contributed by atoms with E-state index in [1.54, 1.807) is 11.3 Å². The Balaban J connectivity index is 1.74. The molecule has 1 N–H and O–H groups in total. The molecule has 0 spiro atoms. The van der Waals surface area contributed by atoms with Crippen molar-refractivity contribution >= 4 is 11.3 Å². The van der Waals surface area contributed by atoms with Gasteiger partial charge >= 0.3 is 0 Å². The molecular formula is C16H22N2S. The van der Waals surface area contributed by atoms with Crippen LogP contribution in [0.3, 0.4) is 0 Å². The third-order valence-corrected chi connectivity index (χ3v) is 4.46. The predicted octanol–water partition coefficient (Wildman–Crippen LogP) is 3.87. The molecule has 0 aliphatic rings. The normalized spacial score (nSPS) is 12.6. The minimum absolute atomic E-state index is 0.518. The lowest BCUT2D eigenvalue weighted by molar-refractivity contribution is 0.513. The highest BCUT2D eigenvalue weighted by Gasteiger charge is 2.06. The summed E-state index contributed by atoms with van der Waals surface area (Å²) in [5.74, 6) is 0. The molecule has 0 saturated heterocycles. The molecular weight excluding hydrogens is 252 g/mol. The number of aryl methyl sites for hydroxylation is 3. The van der Waals surface area contributed by atoms with E-state index in [1.165, 1.54) is 21.1 Å². The van der Waals surface area contributed by atoms with E-state index in [0.717, 1.165) is 19.4 Å². The summed E-state index contributed by atoms with van der Waals surface area (Å²) in [7, 11) is 0. The Kier molecular flexibility index (Phi) is 5.11. The third kappa shape index (κ3) is 4.44. The first-order chi connectivity index (χ1) is 9.15. The second kappa shape index (κ2) is 6.83. The van der Waals surface area contributed by atoms with E-state index in [4.69, 9.17) is 0 Å². The average molecular weight is 274 g/mol. The summed E-state index contributed by atoms with van der Waals surface area (Å²) in [6, 6.07) is 11.2. The van der Waals surface area contributed by atoms with Crippen LogP contribution >= 0.6 is 11.3 Å². The van der Waals surface area contributed by atoms with Crippen LogP contribution in [-0.2, 0) is 13.0 Å². The van der Waals surface area contributed by atoms with Gasteiger partial charge in [0, 0.05) is 17.5 Å². The van der Waals surface area contributed by atoms with Crippen LogP contribution in [0.15, 0.2) is 30.3 Å². The monoisotopic (exact) mass is 274 g/mol. The zero-order valence-corrected chi connectivity index (χ0v) is 12.8. The van der Waals surface area contributed by atoms with Gasteiger partial charge in [0.2, 0.25) is 0 Å². The minimum Gasteiger partial charge on any atom is -0.308 e.